The Morgan fingerprint density at radius 3 is 2.57 bits per heavy atom. The molecular weight excluding hydrogens is 280 g/mol. The van der Waals surface area contributed by atoms with E-state index in [0.29, 0.717) is 0 Å². The second-order valence-electron chi connectivity index (χ2n) is 5.08. The van der Waals surface area contributed by atoms with Crippen molar-refractivity contribution < 1.29 is 4.79 Å². The monoisotopic (exact) mass is 300 g/mol. The van der Waals surface area contributed by atoms with E-state index < -0.39 is 0 Å². The molecular formula is C17H20N2OS. The third-order valence-electron chi connectivity index (χ3n) is 3.41. The molecule has 0 spiro atoms. The van der Waals surface area contributed by atoms with Crippen molar-refractivity contribution in [3.05, 3.63) is 65.2 Å². The third-order valence-corrected chi connectivity index (χ3v) is 4.48. The van der Waals surface area contributed by atoms with Crippen molar-refractivity contribution in [2.24, 2.45) is 5.84 Å². The summed E-state index contributed by atoms with van der Waals surface area (Å²) in [4.78, 5) is 12.8. The van der Waals surface area contributed by atoms with Gasteiger partial charge < -0.3 is 0 Å². The summed E-state index contributed by atoms with van der Waals surface area (Å²) >= 11 is 1.81. The number of thioether (sulfide) groups is 1. The van der Waals surface area contributed by atoms with Crippen LogP contribution in [0.25, 0.3) is 0 Å². The minimum absolute atomic E-state index is 0.170. The van der Waals surface area contributed by atoms with Gasteiger partial charge in [-0.1, -0.05) is 42.0 Å². The van der Waals surface area contributed by atoms with Gasteiger partial charge >= 0.3 is 0 Å². The van der Waals surface area contributed by atoms with Gasteiger partial charge in [0.2, 0.25) is 5.91 Å². The maximum Gasteiger partial charge on any atom is 0.241 e. The number of benzene rings is 2. The molecule has 4 heteroatoms. The molecule has 1 atom stereocenters. The number of nitrogens with two attached hydrogens (primary N) is 1. The van der Waals surface area contributed by atoms with Crippen LogP contribution in [0.1, 0.15) is 29.5 Å². The molecule has 3 N–H and O–H groups in total. The molecule has 1 unspecified atom stereocenters. The molecule has 0 aliphatic carbocycles. The van der Waals surface area contributed by atoms with Crippen molar-refractivity contribution in [1.29, 1.82) is 0 Å². The quantitative estimate of drug-likeness (QED) is 0.385. The lowest BCUT2D eigenvalue weighted by Gasteiger charge is -2.10. The minimum atomic E-state index is -0.228. The maximum atomic E-state index is 11.5. The zero-order valence-corrected chi connectivity index (χ0v) is 13.1. The Bertz CT molecular complexity index is 610. The van der Waals surface area contributed by atoms with Crippen molar-refractivity contribution in [3.8, 4) is 0 Å². The Morgan fingerprint density at radius 1 is 1.24 bits per heavy atom. The van der Waals surface area contributed by atoms with Crippen LogP contribution in [0.15, 0.2) is 53.4 Å². The first-order valence-corrected chi connectivity index (χ1v) is 7.87. The molecule has 0 saturated carbocycles. The second kappa shape index (κ2) is 7.29. The fraction of sp³-hybridized carbons (Fsp3) is 0.235. The highest BCUT2D eigenvalue weighted by atomic mass is 32.2. The molecule has 0 aromatic heterocycles. The second-order valence-corrected chi connectivity index (χ2v) is 6.13. The van der Waals surface area contributed by atoms with Gasteiger partial charge in [0.25, 0.3) is 0 Å². The average Bonchev–Trinajstić information content (AvgIpc) is 2.52. The molecule has 0 saturated heterocycles. The van der Waals surface area contributed by atoms with Gasteiger partial charge in [0, 0.05) is 10.6 Å². The fourth-order valence-electron chi connectivity index (χ4n) is 2.05. The zero-order valence-electron chi connectivity index (χ0n) is 12.3. The summed E-state index contributed by atoms with van der Waals surface area (Å²) in [5.74, 6) is 5.68. The Kier molecular flexibility index (Phi) is 5.42. The van der Waals surface area contributed by atoms with Gasteiger partial charge in [0.1, 0.15) is 0 Å². The van der Waals surface area contributed by atoms with Crippen molar-refractivity contribution >= 4 is 17.7 Å². The highest BCUT2D eigenvalue weighted by Gasteiger charge is 2.13. The van der Waals surface area contributed by atoms with Crippen LogP contribution in [-0.2, 0) is 10.5 Å². The van der Waals surface area contributed by atoms with Crippen LogP contribution in [0.2, 0.25) is 0 Å². The van der Waals surface area contributed by atoms with Crippen molar-refractivity contribution in [3.63, 3.8) is 0 Å². The van der Waals surface area contributed by atoms with E-state index in [0.717, 1.165) is 11.3 Å². The number of hydrogen-bond acceptors (Lipinski definition) is 3. The number of aryl methyl sites for hydroxylation is 1. The number of amides is 1. The molecule has 0 aliphatic heterocycles. The molecule has 0 aliphatic rings. The number of rotatable bonds is 5. The van der Waals surface area contributed by atoms with Gasteiger partial charge in [-0.05, 0) is 37.1 Å². The van der Waals surface area contributed by atoms with Crippen LogP contribution in [0, 0.1) is 6.92 Å². The molecule has 3 nitrogen and oxygen atoms in total. The molecule has 21 heavy (non-hydrogen) atoms. The molecule has 110 valence electrons. The summed E-state index contributed by atoms with van der Waals surface area (Å²) in [5.41, 5.74) is 5.68. The SMILES string of the molecule is Cc1cccc(SCc2ccc(C(C)C(=O)NN)cc2)c1. The standard InChI is InChI=1S/C17H20N2OS/c1-12-4-3-5-16(10-12)21-11-14-6-8-15(9-7-14)13(2)17(20)19-18/h3-10,13H,11,18H2,1-2H3,(H,19,20). The molecule has 0 heterocycles. The van der Waals surface area contributed by atoms with E-state index in [1.807, 2.05) is 30.8 Å². The number of carbonyl (C=O) groups is 1. The third kappa shape index (κ3) is 4.34. The van der Waals surface area contributed by atoms with Crippen LogP contribution in [0.4, 0.5) is 0 Å². The number of hydrogen-bond donors (Lipinski definition) is 2. The van der Waals surface area contributed by atoms with Crippen molar-refractivity contribution in [2.45, 2.75) is 30.4 Å². The summed E-state index contributed by atoms with van der Waals surface area (Å²) in [6.07, 6.45) is 0. The average molecular weight is 300 g/mol. The van der Waals surface area contributed by atoms with E-state index in [9.17, 15) is 4.79 Å². The molecule has 0 bridgehead atoms. The predicted molar refractivity (Wildman–Crippen MR) is 87.9 cm³/mol. The first-order chi connectivity index (χ1) is 10.1. The lowest BCUT2D eigenvalue weighted by molar-refractivity contribution is -0.122. The van der Waals surface area contributed by atoms with Crippen molar-refractivity contribution in [2.75, 3.05) is 0 Å². The summed E-state index contributed by atoms with van der Waals surface area (Å²) in [6, 6.07) is 16.6. The Hall–Kier alpha value is -1.78. The highest BCUT2D eigenvalue weighted by molar-refractivity contribution is 7.98. The lowest BCUT2D eigenvalue weighted by atomic mass is 9.99. The van der Waals surface area contributed by atoms with Gasteiger partial charge in [-0.2, -0.15) is 0 Å². The molecule has 2 aromatic rings. The summed E-state index contributed by atoms with van der Waals surface area (Å²) < 4.78 is 0. The Morgan fingerprint density at radius 2 is 1.95 bits per heavy atom. The normalized spacial score (nSPS) is 12.0. The van der Waals surface area contributed by atoms with E-state index >= 15 is 0 Å². The number of carbonyl (C=O) groups excluding carboxylic acids is 1. The number of hydrazine groups is 1. The van der Waals surface area contributed by atoms with Crippen LogP contribution in [-0.4, -0.2) is 5.91 Å². The summed E-state index contributed by atoms with van der Waals surface area (Å²) in [5, 5.41) is 0. The van der Waals surface area contributed by atoms with Crippen LogP contribution in [0.3, 0.4) is 0 Å². The molecule has 0 radical (unpaired) electrons. The molecule has 0 fully saturated rings. The molecule has 2 rings (SSSR count). The van der Waals surface area contributed by atoms with E-state index in [2.05, 4.69) is 48.7 Å². The van der Waals surface area contributed by atoms with E-state index in [-0.39, 0.29) is 11.8 Å². The van der Waals surface area contributed by atoms with E-state index in [4.69, 9.17) is 5.84 Å². The van der Waals surface area contributed by atoms with Gasteiger partial charge in [-0.25, -0.2) is 5.84 Å². The minimum Gasteiger partial charge on any atom is -0.294 e. The van der Waals surface area contributed by atoms with E-state index in [1.165, 1.54) is 16.0 Å². The predicted octanol–water partition coefficient (Wildman–Crippen LogP) is 3.38. The topological polar surface area (TPSA) is 55.1 Å². The first kappa shape index (κ1) is 15.6. The van der Waals surface area contributed by atoms with Crippen LogP contribution >= 0.6 is 11.8 Å². The maximum absolute atomic E-state index is 11.5. The molecule has 1 amide bonds. The highest BCUT2D eigenvalue weighted by Crippen LogP contribution is 2.24. The van der Waals surface area contributed by atoms with Gasteiger partial charge in [0.15, 0.2) is 0 Å². The number of nitrogens with one attached hydrogen (secondary N) is 1. The lowest BCUT2D eigenvalue weighted by Crippen LogP contribution is -2.33. The molecule has 2 aromatic carbocycles. The summed E-state index contributed by atoms with van der Waals surface area (Å²) in [7, 11) is 0. The van der Waals surface area contributed by atoms with Crippen molar-refractivity contribution in [1.82, 2.24) is 5.43 Å². The smallest absolute Gasteiger partial charge is 0.241 e. The fourth-order valence-corrected chi connectivity index (χ4v) is 3.02. The summed E-state index contributed by atoms with van der Waals surface area (Å²) in [6.45, 7) is 3.95. The Balaban J connectivity index is 1.98. The van der Waals surface area contributed by atoms with Crippen LogP contribution in [0.5, 0.6) is 0 Å². The van der Waals surface area contributed by atoms with Gasteiger partial charge in [-0.3, -0.25) is 10.2 Å². The largest absolute Gasteiger partial charge is 0.294 e. The Labute approximate surface area is 129 Å². The van der Waals surface area contributed by atoms with Crippen LogP contribution < -0.4 is 11.3 Å². The van der Waals surface area contributed by atoms with Gasteiger partial charge in [-0.15, -0.1) is 11.8 Å². The van der Waals surface area contributed by atoms with Gasteiger partial charge in [0.05, 0.1) is 5.92 Å². The van der Waals surface area contributed by atoms with E-state index in [1.54, 1.807) is 0 Å². The first-order valence-electron chi connectivity index (χ1n) is 6.89. The zero-order chi connectivity index (χ0) is 15.2.